The van der Waals surface area contributed by atoms with Crippen molar-refractivity contribution in [2.24, 2.45) is 11.3 Å². The molecule has 1 aliphatic heterocycles. The van der Waals surface area contributed by atoms with E-state index in [1.165, 1.54) is 4.90 Å². The highest BCUT2D eigenvalue weighted by atomic mass is 35.5. The number of rotatable bonds is 2. The van der Waals surface area contributed by atoms with Gasteiger partial charge in [0, 0.05) is 16.0 Å². The number of piperidine rings is 1. The maximum Gasteiger partial charge on any atom is 0.241 e. The first-order valence-electron chi connectivity index (χ1n) is 7.72. The van der Waals surface area contributed by atoms with Crippen molar-refractivity contribution in [1.29, 1.82) is 5.26 Å². The van der Waals surface area contributed by atoms with Gasteiger partial charge < -0.3 is 0 Å². The van der Waals surface area contributed by atoms with Gasteiger partial charge in [-0.05, 0) is 42.8 Å². The van der Waals surface area contributed by atoms with E-state index in [0.717, 1.165) is 5.56 Å². The third-order valence-corrected chi connectivity index (χ3v) is 5.61. The Bertz CT molecular complexity index is 944. The van der Waals surface area contributed by atoms with Gasteiger partial charge in [-0.1, -0.05) is 35.3 Å². The van der Waals surface area contributed by atoms with E-state index in [1.54, 1.807) is 30.3 Å². The highest BCUT2D eigenvalue weighted by Crippen LogP contribution is 2.69. The predicted molar refractivity (Wildman–Crippen MR) is 94.5 cm³/mol. The van der Waals surface area contributed by atoms with Crippen LogP contribution >= 0.6 is 23.2 Å². The molecule has 2 amide bonds. The second-order valence-corrected chi connectivity index (χ2v) is 7.45. The number of benzene rings is 2. The summed E-state index contributed by atoms with van der Waals surface area (Å²) in [6.07, 6.45) is 0. The van der Waals surface area contributed by atoms with E-state index in [2.05, 4.69) is 6.07 Å². The lowest BCUT2D eigenvalue weighted by Crippen LogP contribution is -2.36. The smallest absolute Gasteiger partial charge is 0.241 e. The average Bonchev–Trinajstić information content (AvgIpc) is 3.15. The number of carbonyl (C=O) groups excluding carboxylic acids is 2. The Balaban J connectivity index is 1.68. The lowest BCUT2D eigenvalue weighted by atomic mass is 9.99. The van der Waals surface area contributed by atoms with Crippen LogP contribution in [0.15, 0.2) is 42.5 Å². The van der Waals surface area contributed by atoms with Crippen molar-refractivity contribution in [3.8, 4) is 6.07 Å². The maximum atomic E-state index is 13.0. The topological polar surface area (TPSA) is 61.2 Å². The Morgan fingerprint density at radius 1 is 1.04 bits per heavy atom. The van der Waals surface area contributed by atoms with Crippen molar-refractivity contribution < 1.29 is 9.59 Å². The molecule has 1 heterocycles. The van der Waals surface area contributed by atoms with Crippen molar-refractivity contribution in [3.05, 3.63) is 63.6 Å². The molecule has 2 aromatic rings. The molecular formula is C19H12Cl2N2O2. The minimum Gasteiger partial charge on any atom is -0.274 e. The van der Waals surface area contributed by atoms with E-state index < -0.39 is 11.3 Å². The largest absolute Gasteiger partial charge is 0.274 e. The second kappa shape index (κ2) is 5.32. The number of amides is 2. The summed E-state index contributed by atoms with van der Waals surface area (Å²) >= 11 is 12.0. The molecule has 4 nitrogen and oxygen atoms in total. The van der Waals surface area contributed by atoms with Gasteiger partial charge in [0.15, 0.2) is 0 Å². The molecular weight excluding hydrogens is 359 g/mol. The van der Waals surface area contributed by atoms with Gasteiger partial charge >= 0.3 is 0 Å². The summed E-state index contributed by atoms with van der Waals surface area (Å²) in [7, 11) is 0. The van der Waals surface area contributed by atoms with Crippen LogP contribution in [0.5, 0.6) is 0 Å². The minimum atomic E-state index is -0.764. The van der Waals surface area contributed by atoms with Crippen LogP contribution in [-0.4, -0.2) is 11.8 Å². The molecule has 0 bridgehead atoms. The van der Waals surface area contributed by atoms with Gasteiger partial charge in [0.2, 0.25) is 11.8 Å². The number of hydrogen-bond acceptors (Lipinski definition) is 3. The average molecular weight is 371 g/mol. The number of nitrogens with zero attached hydrogens (tertiary/aromatic N) is 2. The summed E-state index contributed by atoms with van der Waals surface area (Å²) < 4.78 is 0. The quantitative estimate of drug-likeness (QED) is 0.745. The number of anilines is 1. The van der Waals surface area contributed by atoms with Gasteiger partial charge in [-0.25, -0.2) is 4.90 Å². The maximum absolute atomic E-state index is 13.0. The molecule has 0 aromatic heterocycles. The number of hydrogen-bond donors (Lipinski definition) is 0. The molecule has 1 aliphatic carbocycles. The molecule has 0 spiro atoms. The van der Waals surface area contributed by atoms with Crippen LogP contribution in [0.1, 0.15) is 24.0 Å². The molecule has 2 aliphatic rings. The zero-order valence-electron chi connectivity index (χ0n) is 13.2. The standard InChI is InChI=1S/C19H12Cl2N2O2/c1-19-15(11-4-2-10(9-22)3-5-11)16(19)17(24)23(18(19)25)14-7-12(20)6-13(21)8-14/h2-8,15-16H,1H3/t15-,16-,19-/m1/s1. The molecule has 0 unspecified atom stereocenters. The van der Waals surface area contributed by atoms with Gasteiger partial charge in [-0.15, -0.1) is 0 Å². The van der Waals surface area contributed by atoms with E-state index in [-0.39, 0.29) is 17.7 Å². The highest BCUT2D eigenvalue weighted by Gasteiger charge is 2.76. The van der Waals surface area contributed by atoms with Crippen molar-refractivity contribution in [2.45, 2.75) is 12.8 Å². The molecule has 2 fully saturated rings. The Hall–Kier alpha value is -2.35. The fourth-order valence-electron chi connectivity index (χ4n) is 3.87. The third kappa shape index (κ3) is 2.20. The number of carbonyl (C=O) groups is 2. The van der Waals surface area contributed by atoms with Crippen LogP contribution < -0.4 is 4.90 Å². The summed E-state index contributed by atoms with van der Waals surface area (Å²) in [6.45, 7) is 1.81. The Morgan fingerprint density at radius 3 is 2.12 bits per heavy atom. The van der Waals surface area contributed by atoms with Gasteiger partial charge in [-0.3, -0.25) is 9.59 Å². The molecule has 124 valence electrons. The lowest BCUT2D eigenvalue weighted by molar-refractivity contribution is -0.125. The number of fused-ring (bicyclic) bond motifs is 1. The highest BCUT2D eigenvalue weighted by molar-refractivity contribution is 6.36. The number of imide groups is 1. The number of nitriles is 1. The zero-order valence-corrected chi connectivity index (χ0v) is 14.7. The third-order valence-electron chi connectivity index (χ3n) is 5.17. The van der Waals surface area contributed by atoms with Crippen LogP contribution in [0.2, 0.25) is 10.0 Å². The summed E-state index contributed by atoms with van der Waals surface area (Å²) in [6, 6.07) is 13.8. The first-order chi connectivity index (χ1) is 11.9. The minimum absolute atomic E-state index is 0.161. The van der Waals surface area contributed by atoms with Gasteiger partial charge in [-0.2, -0.15) is 5.26 Å². The van der Waals surface area contributed by atoms with E-state index in [9.17, 15) is 9.59 Å². The van der Waals surface area contributed by atoms with Crippen molar-refractivity contribution >= 4 is 40.7 Å². The van der Waals surface area contributed by atoms with E-state index >= 15 is 0 Å². The Kier molecular flexibility index (Phi) is 3.44. The second-order valence-electron chi connectivity index (χ2n) is 6.58. The van der Waals surface area contributed by atoms with Crippen molar-refractivity contribution in [1.82, 2.24) is 0 Å². The van der Waals surface area contributed by atoms with Crippen molar-refractivity contribution in [3.63, 3.8) is 0 Å². The summed E-state index contributed by atoms with van der Waals surface area (Å²) in [5.41, 5.74) is 1.09. The normalized spacial score (nSPS) is 27.2. The fourth-order valence-corrected chi connectivity index (χ4v) is 4.39. The molecule has 0 radical (unpaired) electrons. The van der Waals surface area contributed by atoms with Crippen LogP contribution in [0.25, 0.3) is 0 Å². The molecule has 0 N–H and O–H groups in total. The summed E-state index contributed by atoms with van der Waals surface area (Å²) in [5, 5.41) is 9.64. The Morgan fingerprint density at radius 2 is 1.64 bits per heavy atom. The summed E-state index contributed by atoms with van der Waals surface area (Å²) in [4.78, 5) is 27.0. The first kappa shape index (κ1) is 16.1. The van der Waals surface area contributed by atoms with E-state index in [0.29, 0.717) is 21.3 Å². The number of halogens is 2. The molecule has 1 saturated heterocycles. The molecule has 1 saturated carbocycles. The van der Waals surface area contributed by atoms with Crippen LogP contribution in [-0.2, 0) is 9.59 Å². The van der Waals surface area contributed by atoms with Crippen LogP contribution in [0.3, 0.4) is 0 Å². The van der Waals surface area contributed by atoms with Crippen LogP contribution in [0, 0.1) is 22.7 Å². The van der Waals surface area contributed by atoms with Gasteiger partial charge in [0.25, 0.3) is 0 Å². The van der Waals surface area contributed by atoms with Crippen molar-refractivity contribution in [2.75, 3.05) is 4.90 Å². The molecule has 25 heavy (non-hydrogen) atoms. The monoisotopic (exact) mass is 370 g/mol. The van der Waals surface area contributed by atoms with Gasteiger partial charge in [0.05, 0.1) is 28.7 Å². The van der Waals surface area contributed by atoms with Gasteiger partial charge in [0.1, 0.15) is 0 Å². The molecule has 3 atom stereocenters. The summed E-state index contributed by atoms with van der Waals surface area (Å²) in [5.74, 6) is -1.03. The zero-order chi connectivity index (χ0) is 17.9. The van der Waals surface area contributed by atoms with Crippen LogP contribution in [0.4, 0.5) is 5.69 Å². The molecule has 2 aromatic carbocycles. The lowest BCUT2D eigenvalue weighted by Gasteiger charge is -2.21. The molecule has 6 heteroatoms. The molecule has 4 rings (SSSR count). The van der Waals surface area contributed by atoms with E-state index in [4.69, 9.17) is 28.5 Å². The Labute approximate surface area is 154 Å². The SMILES string of the molecule is C[C@]12C(=O)N(c3cc(Cl)cc(Cl)c3)C(=O)[C@H]1[C@H]2c1ccc(C#N)cc1. The van der Waals surface area contributed by atoms with E-state index in [1.807, 2.05) is 19.1 Å². The first-order valence-corrected chi connectivity index (χ1v) is 8.48. The predicted octanol–water partition coefficient (Wildman–Crippen LogP) is 4.16. The fraction of sp³-hybridized carbons (Fsp3) is 0.211.